The molecule has 0 saturated carbocycles. The number of carboxylic acids is 1. The first-order valence-electron chi connectivity index (χ1n) is 11.6. The molecule has 2 amide bonds. The van der Waals surface area contributed by atoms with E-state index < -0.39 is 22.7 Å². The molecule has 1 heterocycles. The number of carbonyl (C=O) groups excluding carboxylic acids is 2. The van der Waals surface area contributed by atoms with E-state index in [1.165, 1.54) is 29.3 Å². The van der Waals surface area contributed by atoms with Crippen LogP contribution in [0.15, 0.2) is 71.8 Å². The summed E-state index contributed by atoms with van der Waals surface area (Å²) >= 11 is 0. The minimum atomic E-state index is -1.03. The second kappa shape index (κ2) is 11.2. The Hall–Kier alpha value is -5.26. The minimum absolute atomic E-state index is 0.00406. The molecule has 1 aliphatic heterocycles. The Balaban J connectivity index is 1.71. The van der Waals surface area contributed by atoms with E-state index in [-0.39, 0.29) is 30.8 Å². The molecule has 12 nitrogen and oxygen atoms in total. The number of benzene rings is 3. The van der Waals surface area contributed by atoms with E-state index in [0.29, 0.717) is 34.7 Å². The Morgan fingerprint density at radius 3 is 2.53 bits per heavy atom. The summed E-state index contributed by atoms with van der Waals surface area (Å²) < 4.78 is 0. The van der Waals surface area contributed by atoms with E-state index >= 15 is 0 Å². The van der Waals surface area contributed by atoms with Crippen molar-refractivity contribution in [2.75, 3.05) is 29.9 Å². The number of amides is 2. The van der Waals surface area contributed by atoms with E-state index in [4.69, 9.17) is 10.9 Å². The second-order valence-corrected chi connectivity index (χ2v) is 8.41. The molecular weight excluding hydrogens is 492 g/mol. The number of nitro benzene ring substituents is 1. The second-order valence-electron chi connectivity index (χ2n) is 8.41. The van der Waals surface area contributed by atoms with Crippen LogP contribution >= 0.6 is 0 Å². The van der Waals surface area contributed by atoms with Gasteiger partial charge in [0.25, 0.3) is 17.5 Å². The average molecular weight is 517 g/mol. The summed E-state index contributed by atoms with van der Waals surface area (Å²) in [4.78, 5) is 51.5. The maximum Gasteiger partial charge on any atom is 0.305 e. The third-order valence-corrected chi connectivity index (χ3v) is 6.04. The number of nitrogens with zero attached hydrogens (tertiary/aromatic N) is 4. The fourth-order valence-corrected chi connectivity index (χ4v) is 4.20. The Kier molecular flexibility index (Phi) is 7.61. The Morgan fingerprint density at radius 2 is 1.84 bits per heavy atom. The van der Waals surface area contributed by atoms with Gasteiger partial charge in [-0.25, -0.2) is 0 Å². The summed E-state index contributed by atoms with van der Waals surface area (Å²) in [5.74, 6) is 3.39. The van der Waals surface area contributed by atoms with Crippen molar-refractivity contribution < 1.29 is 24.4 Å². The van der Waals surface area contributed by atoms with Gasteiger partial charge in [-0.2, -0.15) is 5.10 Å². The maximum atomic E-state index is 13.5. The third-order valence-electron chi connectivity index (χ3n) is 6.04. The topological polar surface area (TPSA) is 171 Å². The van der Waals surface area contributed by atoms with Gasteiger partial charge in [-0.15, -0.1) is 0 Å². The molecule has 0 fully saturated rings. The molecule has 0 aliphatic carbocycles. The number of carboxylic acid groups (broad SMARTS) is 1. The van der Waals surface area contributed by atoms with Gasteiger partial charge in [-0.05, 0) is 36.4 Å². The molecule has 194 valence electrons. The number of nitro groups is 1. The number of hydrazone groups is 1. The van der Waals surface area contributed by atoms with E-state index in [2.05, 4.69) is 10.4 Å². The van der Waals surface area contributed by atoms with Crippen LogP contribution in [0.3, 0.4) is 0 Å². The first-order valence-corrected chi connectivity index (χ1v) is 11.6. The molecule has 38 heavy (non-hydrogen) atoms. The van der Waals surface area contributed by atoms with Crippen LogP contribution in [-0.2, 0) is 4.79 Å². The largest absolute Gasteiger partial charge is 0.481 e. The number of anilines is 3. The molecular formula is C26H24N6O6. The number of nitrogens with one attached hydrogen (secondary N) is 1. The highest BCUT2D eigenvalue weighted by molar-refractivity contribution is 6.10. The summed E-state index contributed by atoms with van der Waals surface area (Å²) in [7, 11) is 0. The van der Waals surface area contributed by atoms with Crippen molar-refractivity contribution in [3.63, 3.8) is 0 Å². The molecule has 0 spiro atoms. The molecule has 0 saturated heterocycles. The van der Waals surface area contributed by atoms with Gasteiger partial charge in [-0.1, -0.05) is 18.2 Å². The van der Waals surface area contributed by atoms with Gasteiger partial charge in [0.05, 0.1) is 28.8 Å². The molecule has 12 heteroatoms. The highest BCUT2D eigenvalue weighted by Crippen LogP contribution is 2.34. The predicted molar refractivity (Wildman–Crippen MR) is 141 cm³/mol. The van der Waals surface area contributed by atoms with Gasteiger partial charge in [-0.3, -0.25) is 24.5 Å². The number of fused-ring (bicyclic) bond motifs is 1. The van der Waals surface area contributed by atoms with Crippen LogP contribution in [0.5, 0.6) is 0 Å². The predicted octanol–water partition coefficient (Wildman–Crippen LogP) is 3.21. The summed E-state index contributed by atoms with van der Waals surface area (Å²) in [5.41, 5.74) is 2.53. The quantitative estimate of drug-likeness (QED) is 0.177. The van der Waals surface area contributed by atoms with Crippen LogP contribution in [0.25, 0.3) is 0 Å². The van der Waals surface area contributed by atoms with Gasteiger partial charge in [0, 0.05) is 54.3 Å². The Morgan fingerprint density at radius 1 is 1.11 bits per heavy atom. The van der Waals surface area contributed by atoms with Crippen LogP contribution < -0.4 is 16.1 Å². The highest BCUT2D eigenvalue weighted by atomic mass is 16.6. The summed E-state index contributed by atoms with van der Waals surface area (Å²) in [5, 5.41) is 26.5. The molecule has 0 atom stereocenters. The van der Waals surface area contributed by atoms with Crippen LogP contribution in [-0.4, -0.2) is 58.6 Å². The van der Waals surface area contributed by atoms with Crippen molar-refractivity contribution >= 4 is 46.7 Å². The van der Waals surface area contributed by atoms with Crippen molar-refractivity contribution in [2.24, 2.45) is 10.9 Å². The number of nitrogens with two attached hydrogens (primary N) is 1. The molecule has 3 aromatic rings. The number of hydrogen-bond donors (Lipinski definition) is 3. The van der Waals surface area contributed by atoms with Crippen molar-refractivity contribution in [1.29, 1.82) is 0 Å². The van der Waals surface area contributed by atoms with Crippen LogP contribution in [0.2, 0.25) is 0 Å². The lowest BCUT2D eigenvalue weighted by atomic mass is 10.1. The molecule has 3 aromatic carbocycles. The minimum Gasteiger partial charge on any atom is -0.481 e. The smallest absolute Gasteiger partial charge is 0.305 e. The van der Waals surface area contributed by atoms with Gasteiger partial charge in [0.1, 0.15) is 0 Å². The monoisotopic (exact) mass is 516 g/mol. The molecule has 1 aliphatic rings. The zero-order valence-electron chi connectivity index (χ0n) is 20.1. The first kappa shape index (κ1) is 25.8. The van der Waals surface area contributed by atoms with Crippen molar-refractivity contribution in [3.05, 3.63) is 93.5 Å². The number of aliphatic carboxylic acids is 1. The van der Waals surface area contributed by atoms with Crippen LogP contribution in [0.1, 0.15) is 32.7 Å². The fourth-order valence-electron chi connectivity index (χ4n) is 4.20. The normalized spacial score (nSPS) is 13.2. The van der Waals surface area contributed by atoms with Crippen molar-refractivity contribution in [1.82, 2.24) is 4.90 Å². The lowest BCUT2D eigenvalue weighted by Gasteiger charge is -2.25. The standard InChI is InChI=1S/C26H24N6O6/c27-28-16-17-3-1-2-4-21(17)25(35)29-18-5-10-23-22(15-18)26(36)30(12-11-24(33)34)13-14-31(23)19-6-8-20(9-7-19)32(37)38/h1-10,15-16H,11-14,27H2,(H,29,35)(H,33,34). The molecule has 0 aromatic heterocycles. The lowest BCUT2D eigenvalue weighted by Crippen LogP contribution is -2.35. The van der Waals surface area contributed by atoms with E-state index in [1.54, 1.807) is 48.5 Å². The SMILES string of the molecule is NN=Cc1ccccc1C(=O)Nc1ccc2c(c1)C(=O)N(CCC(=O)O)CCN2c1ccc([N+](=O)[O-])cc1. The summed E-state index contributed by atoms with van der Waals surface area (Å²) in [6, 6.07) is 17.5. The van der Waals surface area contributed by atoms with Crippen LogP contribution in [0, 0.1) is 10.1 Å². The zero-order chi connectivity index (χ0) is 27.2. The van der Waals surface area contributed by atoms with Crippen molar-refractivity contribution in [3.8, 4) is 0 Å². The van der Waals surface area contributed by atoms with Crippen molar-refractivity contribution in [2.45, 2.75) is 6.42 Å². The number of carbonyl (C=O) groups is 3. The summed E-state index contributed by atoms with van der Waals surface area (Å²) in [6.07, 6.45) is 1.13. The molecule has 0 unspecified atom stereocenters. The third kappa shape index (κ3) is 5.59. The Labute approximate surface area is 217 Å². The average Bonchev–Trinajstić information content (AvgIpc) is 3.04. The number of non-ortho nitro benzene ring substituents is 1. The number of hydrogen-bond acceptors (Lipinski definition) is 8. The van der Waals surface area contributed by atoms with E-state index in [0.717, 1.165) is 0 Å². The van der Waals surface area contributed by atoms with Gasteiger partial charge >= 0.3 is 5.97 Å². The van der Waals surface area contributed by atoms with Gasteiger partial charge in [0.15, 0.2) is 0 Å². The van der Waals surface area contributed by atoms with Crippen LogP contribution in [0.4, 0.5) is 22.7 Å². The molecule has 4 rings (SSSR count). The number of rotatable bonds is 8. The highest BCUT2D eigenvalue weighted by Gasteiger charge is 2.28. The van der Waals surface area contributed by atoms with Gasteiger partial charge < -0.3 is 26.1 Å². The fraction of sp³-hybridized carbons (Fsp3) is 0.154. The first-order chi connectivity index (χ1) is 18.3. The lowest BCUT2D eigenvalue weighted by molar-refractivity contribution is -0.384. The molecule has 0 radical (unpaired) electrons. The Bertz CT molecular complexity index is 1420. The molecule has 4 N–H and O–H groups in total. The molecule has 0 bridgehead atoms. The summed E-state index contributed by atoms with van der Waals surface area (Å²) in [6.45, 7) is 0.559. The zero-order valence-corrected chi connectivity index (χ0v) is 20.1. The maximum absolute atomic E-state index is 13.5. The van der Waals surface area contributed by atoms with E-state index in [1.807, 2.05) is 4.90 Å². The van der Waals surface area contributed by atoms with Gasteiger partial charge in [0.2, 0.25) is 0 Å². The van der Waals surface area contributed by atoms with E-state index in [9.17, 15) is 24.5 Å².